The molecule has 1 fully saturated rings. The monoisotopic (exact) mass is 204 g/mol. The average Bonchev–Trinajstić information content (AvgIpc) is 2.23. The largest absolute Gasteiger partial charge is 0.320 e. The van der Waals surface area contributed by atoms with Gasteiger partial charge in [-0.2, -0.15) is 0 Å². The summed E-state index contributed by atoms with van der Waals surface area (Å²) in [6, 6.07) is 10.9. The zero-order valence-corrected chi connectivity index (χ0v) is 9.45. The molecule has 0 saturated carbocycles. The highest BCUT2D eigenvalue weighted by molar-refractivity contribution is 5.22. The molecule has 0 bridgehead atoms. The summed E-state index contributed by atoms with van der Waals surface area (Å²) >= 11 is 0. The molecule has 2 heteroatoms. The predicted octanol–water partition coefficient (Wildman–Crippen LogP) is 1.70. The predicted molar refractivity (Wildman–Crippen MR) is 64.2 cm³/mol. The molecule has 82 valence electrons. The van der Waals surface area contributed by atoms with Crippen molar-refractivity contribution >= 4 is 0 Å². The topological polar surface area (TPSA) is 15.3 Å². The van der Waals surface area contributed by atoms with Crippen LogP contribution in [0.2, 0.25) is 0 Å². The van der Waals surface area contributed by atoms with Gasteiger partial charge in [-0.05, 0) is 32.1 Å². The van der Waals surface area contributed by atoms with E-state index in [0.717, 1.165) is 12.5 Å². The third-order valence-electron chi connectivity index (χ3n) is 3.13. The fourth-order valence-electron chi connectivity index (χ4n) is 2.17. The van der Waals surface area contributed by atoms with Gasteiger partial charge in [-0.25, -0.2) is 0 Å². The molecule has 2 rings (SSSR count). The number of benzene rings is 1. The molecule has 2 nitrogen and oxygen atoms in total. The van der Waals surface area contributed by atoms with E-state index in [1.165, 1.54) is 31.6 Å². The molecule has 0 aromatic heterocycles. The summed E-state index contributed by atoms with van der Waals surface area (Å²) in [6.07, 6.45) is 1.26. The van der Waals surface area contributed by atoms with E-state index in [0.29, 0.717) is 0 Å². The Morgan fingerprint density at radius 3 is 2.67 bits per heavy atom. The van der Waals surface area contributed by atoms with Crippen molar-refractivity contribution in [3.63, 3.8) is 0 Å². The van der Waals surface area contributed by atoms with E-state index in [9.17, 15) is 0 Å². The maximum Gasteiger partial charge on any atom is 0.00936 e. The van der Waals surface area contributed by atoms with Crippen molar-refractivity contribution in [2.75, 3.05) is 33.2 Å². The molecule has 0 amide bonds. The number of rotatable bonds is 5. The van der Waals surface area contributed by atoms with Gasteiger partial charge in [0.2, 0.25) is 0 Å². The molecule has 15 heavy (non-hydrogen) atoms. The SMILES string of the molecule is CNCCCN1CC(c2ccccc2)C1. The van der Waals surface area contributed by atoms with Crippen LogP contribution in [0.5, 0.6) is 0 Å². The number of nitrogens with zero attached hydrogens (tertiary/aromatic N) is 1. The van der Waals surface area contributed by atoms with Crippen LogP contribution in [0.25, 0.3) is 0 Å². The first-order chi connectivity index (χ1) is 7.40. The lowest BCUT2D eigenvalue weighted by Crippen LogP contribution is -2.45. The fraction of sp³-hybridized carbons (Fsp3) is 0.538. The second-order valence-corrected chi connectivity index (χ2v) is 4.32. The number of nitrogens with one attached hydrogen (secondary N) is 1. The zero-order valence-electron chi connectivity index (χ0n) is 9.45. The maximum absolute atomic E-state index is 3.19. The first-order valence-electron chi connectivity index (χ1n) is 5.82. The second-order valence-electron chi connectivity index (χ2n) is 4.32. The summed E-state index contributed by atoms with van der Waals surface area (Å²) in [4.78, 5) is 2.54. The van der Waals surface area contributed by atoms with Crippen molar-refractivity contribution in [3.8, 4) is 0 Å². The van der Waals surface area contributed by atoms with Crippen LogP contribution < -0.4 is 5.32 Å². The molecule has 1 saturated heterocycles. The Morgan fingerprint density at radius 1 is 1.27 bits per heavy atom. The fourth-order valence-corrected chi connectivity index (χ4v) is 2.17. The Labute approximate surface area is 92.3 Å². The minimum absolute atomic E-state index is 0.779. The highest BCUT2D eigenvalue weighted by Crippen LogP contribution is 2.26. The van der Waals surface area contributed by atoms with Crippen LogP contribution in [-0.2, 0) is 0 Å². The lowest BCUT2D eigenvalue weighted by molar-refractivity contribution is 0.147. The van der Waals surface area contributed by atoms with E-state index in [1.807, 2.05) is 7.05 Å². The van der Waals surface area contributed by atoms with Crippen LogP contribution in [0, 0.1) is 0 Å². The number of likely N-dealkylation sites (tertiary alicyclic amines) is 1. The van der Waals surface area contributed by atoms with Crippen LogP contribution in [0.1, 0.15) is 17.9 Å². The molecule has 1 aromatic rings. The number of hydrogen-bond acceptors (Lipinski definition) is 2. The summed E-state index contributed by atoms with van der Waals surface area (Å²) < 4.78 is 0. The van der Waals surface area contributed by atoms with Crippen LogP contribution in [-0.4, -0.2) is 38.1 Å². The molecule has 1 aliphatic heterocycles. The molecule has 0 radical (unpaired) electrons. The minimum Gasteiger partial charge on any atom is -0.320 e. The van der Waals surface area contributed by atoms with Crippen LogP contribution in [0.15, 0.2) is 30.3 Å². The van der Waals surface area contributed by atoms with Crippen molar-refractivity contribution < 1.29 is 0 Å². The van der Waals surface area contributed by atoms with Gasteiger partial charge in [0.1, 0.15) is 0 Å². The van der Waals surface area contributed by atoms with Gasteiger partial charge < -0.3 is 10.2 Å². The van der Waals surface area contributed by atoms with Gasteiger partial charge >= 0.3 is 0 Å². The summed E-state index contributed by atoms with van der Waals surface area (Å²) in [7, 11) is 2.02. The van der Waals surface area contributed by atoms with Crippen LogP contribution >= 0.6 is 0 Å². The van der Waals surface area contributed by atoms with E-state index in [1.54, 1.807) is 0 Å². The van der Waals surface area contributed by atoms with E-state index in [2.05, 4.69) is 40.5 Å². The summed E-state index contributed by atoms with van der Waals surface area (Å²) in [5.74, 6) is 0.779. The van der Waals surface area contributed by atoms with Crippen LogP contribution in [0.3, 0.4) is 0 Å². The van der Waals surface area contributed by atoms with Crippen molar-refractivity contribution in [1.82, 2.24) is 10.2 Å². The Hall–Kier alpha value is -0.860. The van der Waals surface area contributed by atoms with Crippen molar-refractivity contribution in [2.45, 2.75) is 12.3 Å². The Balaban J connectivity index is 1.70. The highest BCUT2D eigenvalue weighted by Gasteiger charge is 2.26. The Kier molecular flexibility index (Phi) is 3.75. The molecule has 0 aliphatic carbocycles. The molecule has 0 spiro atoms. The molecular formula is C13H20N2. The highest BCUT2D eigenvalue weighted by atomic mass is 15.2. The van der Waals surface area contributed by atoms with Gasteiger partial charge in [-0.15, -0.1) is 0 Å². The molecule has 1 aliphatic rings. The van der Waals surface area contributed by atoms with Gasteiger partial charge in [0.15, 0.2) is 0 Å². The van der Waals surface area contributed by atoms with E-state index in [-0.39, 0.29) is 0 Å². The molecular weight excluding hydrogens is 184 g/mol. The molecule has 0 atom stereocenters. The molecule has 1 N–H and O–H groups in total. The van der Waals surface area contributed by atoms with Crippen molar-refractivity contribution in [1.29, 1.82) is 0 Å². The van der Waals surface area contributed by atoms with Crippen molar-refractivity contribution in [3.05, 3.63) is 35.9 Å². The van der Waals surface area contributed by atoms with Gasteiger partial charge in [0.25, 0.3) is 0 Å². The average molecular weight is 204 g/mol. The molecule has 1 aromatic carbocycles. The van der Waals surface area contributed by atoms with E-state index >= 15 is 0 Å². The Bertz CT molecular complexity index is 278. The zero-order chi connectivity index (χ0) is 10.5. The van der Waals surface area contributed by atoms with Gasteiger partial charge in [0, 0.05) is 19.0 Å². The van der Waals surface area contributed by atoms with Gasteiger partial charge in [-0.3, -0.25) is 0 Å². The van der Waals surface area contributed by atoms with Crippen molar-refractivity contribution in [2.24, 2.45) is 0 Å². The normalized spacial score (nSPS) is 17.7. The smallest absolute Gasteiger partial charge is 0.00936 e. The quantitative estimate of drug-likeness (QED) is 0.734. The number of hydrogen-bond donors (Lipinski definition) is 1. The lowest BCUT2D eigenvalue weighted by atomic mass is 9.91. The summed E-state index contributed by atoms with van der Waals surface area (Å²) in [6.45, 7) is 4.86. The lowest BCUT2D eigenvalue weighted by Gasteiger charge is -2.39. The standard InChI is InChI=1S/C13H20N2/c1-14-8-5-9-15-10-13(11-15)12-6-3-2-4-7-12/h2-4,6-7,13-14H,5,8-11H2,1H3. The Morgan fingerprint density at radius 2 is 2.00 bits per heavy atom. The third kappa shape index (κ3) is 2.80. The van der Waals surface area contributed by atoms with Gasteiger partial charge in [0.05, 0.1) is 0 Å². The summed E-state index contributed by atoms with van der Waals surface area (Å²) in [5.41, 5.74) is 1.50. The third-order valence-corrected chi connectivity index (χ3v) is 3.13. The first-order valence-corrected chi connectivity index (χ1v) is 5.82. The van der Waals surface area contributed by atoms with E-state index in [4.69, 9.17) is 0 Å². The van der Waals surface area contributed by atoms with Gasteiger partial charge in [-0.1, -0.05) is 30.3 Å². The second kappa shape index (κ2) is 5.29. The maximum atomic E-state index is 3.19. The minimum atomic E-state index is 0.779. The molecule has 0 unspecified atom stereocenters. The summed E-state index contributed by atoms with van der Waals surface area (Å²) in [5, 5.41) is 3.19. The van der Waals surface area contributed by atoms with E-state index < -0.39 is 0 Å². The first kappa shape index (κ1) is 10.7. The van der Waals surface area contributed by atoms with Crippen LogP contribution in [0.4, 0.5) is 0 Å². The molecule has 1 heterocycles.